The van der Waals surface area contributed by atoms with Crippen LogP contribution >= 0.6 is 31.9 Å². The molecule has 0 saturated carbocycles. The van der Waals surface area contributed by atoms with Crippen LogP contribution in [0.25, 0.3) is 10.9 Å². The Hall–Kier alpha value is -3.88. The van der Waals surface area contributed by atoms with Gasteiger partial charge in [-0.2, -0.15) is 15.0 Å². The van der Waals surface area contributed by atoms with Crippen molar-refractivity contribution in [2.75, 3.05) is 0 Å². The van der Waals surface area contributed by atoms with Gasteiger partial charge in [-0.05, 0) is 53.2 Å². The number of aryl methyl sites for hydroxylation is 1. The minimum Gasteiger partial charge on any atom is -0.481 e. The van der Waals surface area contributed by atoms with Gasteiger partial charge >= 0.3 is 5.69 Å². The first-order valence-corrected chi connectivity index (χ1v) is 11.7. The molecule has 11 heteroatoms. The molecule has 0 spiro atoms. The predicted octanol–water partition coefficient (Wildman–Crippen LogP) is 5.47. The topological polar surface area (TPSA) is 123 Å². The number of hydrogen-bond acceptors (Lipinski definition) is 7. The zero-order chi connectivity index (χ0) is 25.1. The molecule has 0 aliphatic rings. The van der Waals surface area contributed by atoms with E-state index in [9.17, 15) is 20.2 Å². The number of nitro groups is 1. The second-order valence-electron chi connectivity index (χ2n) is 7.35. The van der Waals surface area contributed by atoms with E-state index in [0.717, 1.165) is 9.15 Å². The molecule has 0 N–H and O–H groups in total. The van der Waals surface area contributed by atoms with E-state index in [1.807, 2.05) is 0 Å². The van der Waals surface area contributed by atoms with Gasteiger partial charge in [0.2, 0.25) is 5.75 Å². The maximum Gasteiger partial charge on any atom is 0.312 e. The Morgan fingerprint density at radius 1 is 1.23 bits per heavy atom. The average Bonchev–Trinajstić information content (AvgIpc) is 2.83. The number of aromatic nitrogens is 2. The molecule has 0 aliphatic heterocycles. The van der Waals surface area contributed by atoms with Crippen LogP contribution in [0.4, 0.5) is 5.69 Å². The van der Waals surface area contributed by atoms with Crippen LogP contribution in [-0.2, 0) is 6.61 Å². The lowest BCUT2D eigenvalue weighted by Gasteiger charge is -2.11. The molecular weight excluding hydrogens is 582 g/mol. The van der Waals surface area contributed by atoms with Crippen molar-refractivity contribution in [2.24, 2.45) is 5.10 Å². The summed E-state index contributed by atoms with van der Waals surface area (Å²) < 4.78 is 7.91. The van der Waals surface area contributed by atoms with Crippen molar-refractivity contribution in [1.82, 2.24) is 9.66 Å². The summed E-state index contributed by atoms with van der Waals surface area (Å²) in [5.41, 5.74) is 1.28. The number of ether oxygens (including phenoxy) is 1. The number of nitrogens with zero attached hydrogens (tertiary/aromatic N) is 5. The van der Waals surface area contributed by atoms with E-state index in [4.69, 9.17) is 4.74 Å². The molecule has 0 amide bonds. The number of rotatable bonds is 6. The molecule has 4 aromatic rings. The molecule has 174 valence electrons. The molecular formula is C24H15Br2N5O4. The van der Waals surface area contributed by atoms with Gasteiger partial charge in [0.05, 0.1) is 38.1 Å². The lowest BCUT2D eigenvalue weighted by Crippen LogP contribution is -2.20. The first-order valence-electron chi connectivity index (χ1n) is 10.1. The maximum atomic E-state index is 12.9. The Kier molecular flexibility index (Phi) is 7.04. The van der Waals surface area contributed by atoms with Crippen molar-refractivity contribution >= 4 is 54.7 Å². The van der Waals surface area contributed by atoms with Crippen LogP contribution < -0.4 is 10.3 Å². The van der Waals surface area contributed by atoms with Crippen molar-refractivity contribution in [1.29, 1.82) is 5.26 Å². The monoisotopic (exact) mass is 595 g/mol. The van der Waals surface area contributed by atoms with Gasteiger partial charge in [-0.1, -0.05) is 34.1 Å². The predicted molar refractivity (Wildman–Crippen MR) is 138 cm³/mol. The highest BCUT2D eigenvalue weighted by Crippen LogP contribution is 2.36. The number of benzene rings is 3. The zero-order valence-electron chi connectivity index (χ0n) is 18.1. The third-order valence-electron chi connectivity index (χ3n) is 5.05. The molecule has 0 unspecified atom stereocenters. The molecule has 0 radical (unpaired) electrons. The van der Waals surface area contributed by atoms with Gasteiger partial charge in [0, 0.05) is 21.7 Å². The first-order chi connectivity index (χ1) is 16.8. The summed E-state index contributed by atoms with van der Waals surface area (Å²) in [7, 11) is 0. The van der Waals surface area contributed by atoms with Gasteiger partial charge in [0.1, 0.15) is 12.4 Å². The molecule has 9 nitrogen and oxygen atoms in total. The fourth-order valence-corrected chi connectivity index (χ4v) is 4.32. The molecule has 0 fully saturated rings. The lowest BCUT2D eigenvalue weighted by molar-refractivity contribution is -0.386. The first kappa shape index (κ1) is 24.3. The van der Waals surface area contributed by atoms with E-state index >= 15 is 0 Å². The zero-order valence-corrected chi connectivity index (χ0v) is 21.3. The molecule has 0 aliphatic carbocycles. The Balaban J connectivity index is 1.69. The van der Waals surface area contributed by atoms with Crippen LogP contribution in [0, 0.1) is 28.4 Å². The Bertz CT molecular complexity index is 1610. The maximum absolute atomic E-state index is 12.9. The molecule has 0 bridgehead atoms. The van der Waals surface area contributed by atoms with Crippen molar-refractivity contribution < 1.29 is 9.66 Å². The molecule has 0 atom stereocenters. The van der Waals surface area contributed by atoms with Gasteiger partial charge < -0.3 is 4.74 Å². The second-order valence-corrected chi connectivity index (χ2v) is 9.12. The summed E-state index contributed by atoms with van der Waals surface area (Å²) in [6, 6.07) is 17.0. The van der Waals surface area contributed by atoms with Crippen molar-refractivity contribution in [2.45, 2.75) is 13.5 Å². The third-order valence-corrected chi connectivity index (χ3v) is 6.13. The highest BCUT2D eigenvalue weighted by atomic mass is 79.9. The van der Waals surface area contributed by atoms with Crippen LogP contribution in [-0.4, -0.2) is 20.8 Å². The Morgan fingerprint density at radius 2 is 2.00 bits per heavy atom. The minimum absolute atomic E-state index is 0.0189. The third kappa shape index (κ3) is 5.13. The standard InChI is InChI=1S/C24H15Br2N5O4/c1-14-29-21-7-6-18(25)10-19(21)24(32)30(14)28-12-15-8-20(26)23(22(9-15)31(33)34)35-13-17-5-3-2-4-16(17)11-27/h2-10,12H,13H2,1H3. The molecule has 35 heavy (non-hydrogen) atoms. The van der Waals surface area contributed by atoms with Gasteiger partial charge in [-0.15, -0.1) is 0 Å². The summed E-state index contributed by atoms with van der Waals surface area (Å²) in [4.78, 5) is 28.5. The van der Waals surface area contributed by atoms with Gasteiger partial charge in [-0.3, -0.25) is 14.9 Å². The van der Waals surface area contributed by atoms with Crippen molar-refractivity contribution in [3.05, 3.63) is 107 Å². The van der Waals surface area contributed by atoms with Crippen LogP contribution in [0.5, 0.6) is 5.75 Å². The summed E-state index contributed by atoms with van der Waals surface area (Å²) in [5.74, 6) is 0.385. The highest BCUT2D eigenvalue weighted by Gasteiger charge is 2.21. The SMILES string of the molecule is Cc1nc2ccc(Br)cc2c(=O)n1N=Cc1cc(Br)c(OCc2ccccc2C#N)c([N+](=O)[O-])c1. The van der Waals surface area contributed by atoms with Crippen molar-refractivity contribution in [3.8, 4) is 11.8 Å². The van der Waals surface area contributed by atoms with Crippen molar-refractivity contribution in [3.63, 3.8) is 0 Å². The highest BCUT2D eigenvalue weighted by molar-refractivity contribution is 9.10. The molecule has 0 saturated heterocycles. The molecule has 3 aromatic carbocycles. The largest absolute Gasteiger partial charge is 0.481 e. The van der Waals surface area contributed by atoms with Crippen LogP contribution in [0.3, 0.4) is 0 Å². The Morgan fingerprint density at radius 3 is 2.74 bits per heavy atom. The Labute approximate surface area is 215 Å². The van der Waals surface area contributed by atoms with E-state index in [1.54, 1.807) is 55.5 Å². The average molecular weight is 597 g/mol. The quantitative estimate of drug-likeness (QED) is 0.165. The normalized spacial score (nSPS) is 11.0. The van der Waals surface area contributed by atoms with E-state index < -0.39 is 4.92 Å². The van der Waals surface area contributed by atoms with Gasteiger partial charge in [0.25, 0.3) is 5.56 Å². The molecule has 1 aromatic heterocycles. The minimum atomic E-state index is -0.569. The van der Waals surface area contributed by atoms with E-state index in [2.05, 4.69) is 48.0 Å². The van der Waals surface area contributed by atoms with Gasteiger partial charge in [0.15, 0.2) is 0 Å². The summed E-state index contributed by atoms with van der Waals surface area (Å²) in [5, 5.41) is 25.6. The number of nitro benzene ring substituents is 1. The number of nitriles is 1. The fourth-order valence-electron chi connectivity index (χ4n) is 3.38. The van der Waals surface area contributed by atoms with E-state index in [0.29, 0.717) is 37.9 Å². The van der Waals surface area contributed by atoms with Crippen LogP contribution in [0.1, 0.15) is 22.5 Å². The van der Waals surface area contributed by atoms with Crippen LogP contribution in [0.2, 0.25) is 0 Å². The lowest BCUT2D eigenvalue weighted by atomic mass is 10.1. The number of halogens is 2. The van der Waals surface area contributed by atoms with Gasteiger partial charge in [-0.25, -0.2) is 4.98 Å². The number of fused-ring (bicyclic) bond motifs is 1. The second kappa shape index (κ2) is 10.2. The fraction of sp³-hybridized carbons (Fsp3) is 0.0833. The van der Waals surface area contributed by atoms with Crippen LogP contribution in [0.15, 0.2) is 73.4 Å². The summed E-state index contributed by atoms with van der Waals surface area (Å²) in [6.07, 6.45) is 1.34. The summed E-state index contributed by atoms with van der Waals surface area (Å²) in [6.45, 7) is 1.62. The van der Waals surface area contributed by atoms with E-state index in [1.165, 1.54) is 12.3 Å². The van der Waals surface area contributed by atoms with E-state index in [-0.39, 0.29) is 23.6 Å². The summed E-state index contributed by atoms with van der Waals surface area (Å²) >= 11 is 6.67. The smallest absolute Gasteiger partial charge is 0.312 e. The molecule has 4 rings (SSSR count). The molecule has 1 heterocycles. The number of hydrogen-bond donors (Lipinski definition) is 0.